The maximum absolute atomic E-state index is 4.36. The van der Waals surface area contributed by atoms with Gasteiger partial charge in [0.25, 0.3) is 0 Å². The summed E-state index contributed by atoms with van der Waals surface area (Å²) < 4.78 is 0. The van der Waals surface area contributed by atoms with Crippen LogP contribution in [-0.2, 0) is 0 Å². The Kier molecular flexibility index (Phi) is 2.64. The van der Waals surface area contributed by atoms with Crippen LogP contribution in [0.3, 0.4) is 0 Å². The van der Waals surface area contributed by atoms with E-state index in [1.165, 1.54) is 13.1 Å². The highest BCUT2D eigenvalue weighted by Crippen LogP contribution is 2.25. The molecule has 0 radical (unpaired) electrons. The largest absolute Gasteiger partial charge is 0.291 e. The molecule has 0 N–H and O–H groups in total. The van der Waals surface area contributed by atoms with Crippen molar-refractivity contribution < 1.29 is 0 Å². The summed E-state index contributed by atoms with van der Waals surface area (Å²) in [5, 5.41) is 0.454. The normalized spacial score (nSPS) is 24.9. The first-order chi connectivity index (χ1) is 4.61. The van der Waals surface area contributed by atoms with Gasteiger partial charge in [-0.15, -0.1) is 0 Å². The molecule has 0 bridgehead atoms. The summed E-state index contributed by atoms with van der Waals surface area (Å²) in [5.74, 6) is 1.78. The Morgan fingerprint density at radius 1 is 1.30 bits per heavy atom. The average Bonchev–Trinajstić information content (AvgIpc) is 1.56. The van der Waals surface area contributed by atoms with Crippen LogP contribution in [0.15, 0.2) is 0 Å². The molecule has 1 rings (SSSR count). The predicted molar refractivity (Wildman–Crippen MR) is 48.3 cm³/mol. The van der Waals surface area contributed by atoms with E-state index in [9.17, 15) is 0 Å². The van der Waals surface area contributed by atoms with Crippen LogP contribution in [0.2, 0.25) is 0 Å². The van der Waals surface area contributed by atoms with Crippen molar-refractivity contribution in [2.75, 3.05) is 13.1 Å². The second-order valence-corrected chi connectivity index (χ2v) is 4.34. The number of nitrogens with zero attached hydrogens (tertiary/aromatic N) is 1. The predicted octanol–water partition coefficient (Wildman–Crippen LogP) is 1.85. The van der Waals surface area contributed by atoms with Crippen LogP contribution < -0.4 is 0 Å². The van der Waals surface area contributed by atoms with E-state index in [1.807, 2.05) is 0 Å². The average molecular weight is 159 g/mol. The highest BCUT2D eigenvalue weighted by atomic mass is 32.1. The zero-order valence-corrected chi connectivity index (χ0v) is 7.94. The van der Waals surface area contributed by atoms with Gasteiger partial charge in [-0.05, 0) is 18.8 Å². The van der Waals surface area contributed by atoms with Crippen LogP contribution in [0.5, 0.6) is 0 Å². The molecule has 0 aromatic heterocycles. The summed E-state index contributed by atoms with van der Waals surface area (Å²) >= 11 is 4.36. The van der Waals surface area contributed by atoms with Gasteiger partial charge in [0, 0.05) is 18.5 Å². The van der Waals surface area contributed by atoms with Crippen molar-refractivity contribution in [1.29, 1.82) is 0 Å². The minimum absolute atomic E-state index is 0.454. The van der Waals surface area contributed by atoms with Crippen LogP contribution in [0.4, 0.5) is 0 Å². The third-order valence-electron chi connectivity index (χ3n) is 2.41. The van der Waals surface area contributed by atoms with E-state index >= 15 is 0 Å². The Hall–Kier alpha value is 0.310. The van der Waals surface area contributed by atoms with Gasteiger partial charge < -0.3 is 0 Å². The molecule has 0 saturated carbocycles. The molecule has 1 unspecified atom stereocenters. The van der Waals surface area contributed by atoms with Crippen LogP contribution in [-0.4, -0.2) is 23.4 Å². The van der Waals surface area contributed by atoms with Gasteiger partial charge in [-0.25, -0.2) is 0 Å². The Morgan fingerprint density at radius 2 is 1.80 bits per heavy atom. The molecule has 0 aromatic carbocycles. The van der Waals surface area contributed by atoms with Crippen molar-refractivity contribution in [1.82, 2.24) is 4.90 Å². The second-order valence-electron chi connectivity index (χ2n) is 3.59. The molecular formula is C8H17NS. The molecule has 1 aliphatic rings. The van der Waals surface area contributed by atoms with E-state index < -0.39 is 0 Å². The van der Waals surface area contributed by atoms with Gasteiger partial charge in [0.1, 0.15) is 0 Å². The number of likely N-dealkylation sites (tertiary alicyclic amines) is 1. The standard InChI is InChI=1S/C8H17NS/c1-6(2)8-4-9(5-8)7(3)10/h6-8,10H,4-5H2,1-3H3. The number of hydrogen-bond donors (Lipinski definition) is 1. The molecule has 0 spiro atoms. The minimum Gasteiger partial charge on any atom is -0.291 e. The van der Waals surface area contributed by atoms with E-state index in [-0.39, 0.29) is 0 Å². The first kappa shape index (κ1) is 8.41. The SMILES string of the molecule is CC(C)C1CN(C(C)S)C1. The highest BCUT2D eigenvalue weighted by Gasteiger charge is 2.30. The van der Waals surface area contributed by atoms with Crippen LogP contribution in [0.25, 0.3) is 0 Å². The van der Waals surface area contributed by atoms with Gasteiger partial charge in [0.05, 0.1) is 0 Å². The van der Waals surface area contributed by atoms with E-state index in [0.717, 1.165) is 11.8 Å². The van der Waals surface area contributed by atoms with Crippen molar-refractivity contribution in [3.63, 3.8) is 0 Å². The maximum atomic E-state index is 4.36. The molecule has 60 valence electrons. The minimum atomic E-state index is 0.454. The smallest absolute Gasteiger partial charge is 0.0499 e. The van der Waals surface area contributed by atoms with Gasteiger partial charge in [-0.1, -0.05) is 13.8 Å². The second kappa shape index (κ2) is 3.14. The van der Waals surface area contributed by atoms with Crippen LogP contribution in [0, 0.1) is 11.8 Å². The number of hydrogen-bond acceptors (Lipinski definition) is 2. The molecule has 10 heavy (non-hydrogen) atoms. The van der Waals surface area contributed by atoms with Gasteiger partial charge in [0.2, 0.25) is 0 Å². The molecule has 0 amide bonds. The van der Waals surface area contributed by atoms with Crippen LogP contribution in [0.1, 0.15) is 20.8 Å². The van der Waals surface area contributed by atoms with E-state index in [2.05, 4.69) is 38.3 Å². The Labute approximate surface area is 69.2 Å². The van der Waals surface area contributed by atoms with E-state index in [0.29, 0.717) is 5.37 Å². The van der Waals surface area contributed by atoms with Gasteiger partial charge in [-0.3, -0.25) is 4.90 Å². The summed E-state index contributed by atoms with van der Waals surface area (Å²) in [6, 6.07) is 0. The molecule has 1 heterocycles. The van der Waals surface area contributed by atoms with Gasteiger partial charge in [0.15, 0.2) is 0 Å². The summed E-state index contributed by atoms with van der Waals surface area (Å²) in [7, 11) is 0. The Bertz CT molecular complexity index is 93.8. The molecule has 1 atom stereocenters. The molecule has 1 fully saturated rings. The summed E-state index contributed by atoms with van der Waals surface area (Å²) in [6.07, 6.45) is 0. The zero-order chi connectivity index (χ0) is 7.72. The molecule has 1 nitrogen and oxygen atoms in total. The lowest BCUT2D eigenvalue weighted by atomic mass is 9.88. The quantitative estimate of drug-likeness (QED) is 0.602. The molecule has 2 heteroatoms. The molecular weight excluding hydrogens is 142 g/mol. The fraction of sp³-hybridized carbons (Fsp3) is 1.00. The van der Waals surface area contributed by atoms with Crippen molar-refractivity contribution in [3.05, 3.63) is 0 Å². The summed E-state index contributed by atoms with van der Waals surface area (Å²) in [4.78, 5) is 2.40. The highest BCUT2D eigenvalue weighted by molar-refractivity contribution is 7.80. The molecule has 0 aromatic rings. The fourth-order valence-electron chi connectivity index (χ4n) is 1.28. The molecule has 1 aliphatic heterocycles. The van der Waals surface area contributed by atoms with Gasteiger partial charge >= 0.3 is 0 Å². The van der Waals surface area contributed by atoms with Crippen molar-refractivity contribution in [2.24, 2.45) is 11.8 Å². The van der Waals surface area contributed by atoms with Crippen LogP contribution >= 0.6 is 12.6 Å². The molecule has 0 aliphatic carbocycles. The first-order valence-corrected chi connectivity index (χ1v) is 4.55. The monoisotopic (exact) mass is 159 g/mol. The topological polar surface area (TPSA) is 3.24 Å². The Morgan fingerprint density at radius 3 is 2.10 bits per heavy atom. The fourth-order valence-corrected chi connectivity index (χ4v) is 1.46. The first-order valence-electron chi connectivity index (χ1n) is 4.03. The summed E-state index contributed by atoms with van der Waals surface area (Å²) in [5.41, 5.74) is 0. The molecule has 1 saturated heterocycles. The van der Waals surface area contributed by atoms with E-state index in [4.69, 9.17) is 0 Å². The van der Waals surface area contributed by atoms with E-state index in [1.54, 1.807) is 0 Å². The lowest BCUT2D eigenvalue weighted by Gasteiger charge is -2.43. The zero-order valence-electron chi connectivity index (χ0n) is 7.04. The third kappa shape index (κ3) is 1.67. The summed E-state index contributed by atoms with van der Waals surface area (Å²) in [6.45, 7) is 9.24. The van der Waals surface area contributed by atoms with Gasteiger partial charge in [-0.2, -0.15) is 12.6 Å². The number of rotatable bonds is 2. The lowest BCUT2D eigenvalue weighted by Crippen LogP contribution is -2.51. The lowest BCUT2D eigenvalue weighted by molar-refractivity contribution is 0.0639. The van der Waals surface area contributed by atoms with Crippen molar-refractivity contribution >= 4 is 12.6 Å². The third-order valence-corrected chi connectivity index (χ3v) is 2.74. The number of thiol groups is 1. The maximum Gasteiger partial charge on any atom is 0.0499 e. The van der Waals surface area contributed by atoms with Crippen molar-refractivity contribution in [3.8, 4) is 0 Å². The Balaban J connectivity index is 2.18. The van der Waals surface area contributed by atoms with Crippen molar-refractivity contribution in [2.45, 2.75) is 26.1 Å².